The van der Waals surface area contributed by atoms with Gasteiger partial charge in [0.05, 0.1) is 26.1 Å². The number of hydrogen-bond acceptors (Lipinski definition) is 4. The molecular formula is C12H16FNO3. The monoisotopic (exact) mass is 241 g/mol. The van der Waals surface area contributed by atoms with Crippen molar-refractivity contribution in [3.8, 4) is 11.5 Å². The van der Waals surface area contributed by atoms with Crippen LogP contribution in [0.1, 0.15) is 18.9 Å². The summed E-state index contributed by atoms with van der Waals surface area (Å²) in [6.07, 6.45) is 0.349. The number of rotatable bonds is 6. The van der Waals surface area contributed by atoms with E-state index in [1.54, 1.807) is 25.1 Å². The first kappa shape index (κ1) is 13.3. The van der Waals surface area contributed by atoms with Crippen LogP contribution in [0, 0.1) is 0 Å². The van der Waals surface area contributed by atoms with Gasteiger partial charge in [-0.05, 0) is 25.1 Å². The molecule has 4 nitrogen and oxygen atoms in total. The molecule has 94 valence electrons. The molecule has 1 aromatic rings. The van der Waals surface area contributed by atoms with E-state index in [2.05, 4.69) is 5.16 Å². The maximum absolute atomic E-state index is 11.9. The highest BCUT2D eigenvalue weighted by molar-refractivity contribution is 5.98. The van der Waals surface area contributed by atoms with Crippen LogP contribution in [-0.2, 0) is 0 Å². The van der Waals surface area contributed by atoms with E-state index in [1.165, 1.54) is 7.11 Å². The zero-order valence-corrected chi connectivity index (χ0v) is 9.94. The van der Waals surface area contributed by atoms with Crippen molar-refractivity contribution < 1.29 is 19.1 Å². The largest absolute Gasteiger partial charge is 0.493 e. The molecule has 17 heavy (non-hydrogen) atoms. The lowest BCUT2D eigenvalue weighted by molar-refractivity contribution is 0.274. The van der Waals surface area contributed by atoms with Crippen LogP contribution in [0.4, 0.5) is 4.39 Å². The Morgan fingerprint density at radius 1 is 1.41 bits per heavy atom. The fourth-order valence-electron chi connectivity index (χ4n) is 1.31. The molecule has 0 bridgehead atoms. The van der Waals surface area contributed by atoms with Crippen molar-refractivity contribution in [3.05, 3.63) is 23.8 Å². The third kappa shape index (κ3) is 3.62. The second-order valence-electron chi connectivity index (χ2n) is 3.44. The van der Waals surface area contributed by atoms with Crippen LogP contribution in [0.15, 0.2) is 23.4 Å². The molecule has 0 aliphatic carbocycles. The number of hydrogen-bond donors (Lipinski definition) is 1. The minimum absolute atomic E-state index is 0.305. The number of benzene rings is 1. The van der Waals surface area contributed by atoms with Gasteiger partial charge in [0, 0.05) is 12.0 Å². The van der Waals surface area contributed by atoms with E-state index in [0.717, 1.165) is 5.56 Å². The first-order valence-electron chi connectivity index (χ1n) is 5.28. The standard InChI is InChI=1S/C12H16FNO3/c1-9(14-15)10-4-5-11(12(8-10)16-2)17-7-3-6-13/h4-5,8,15H,3,6-7H2,1-2H3/b14-9+. The normalized spacial score (nSPS) is 11.4. The molecule has 0 aliphatic rings. The van der Waals surface area contributed by atoms with E-state index in [0.29, 0.717) is 30.2 Å². The highest BCUT2D eigenvalue weighted by atomic mass is 19.1. The van der Waals surface area contributed by atoms with Gasteiger partial charge in [-0.1, -0.05) is 5.16 Å². The highest BCUT2D eigenvalue weighted by Gasteiger charge is 2.07. The van der Waals surface area contributed by atoms with Crippen LogP contribution in [0.5, 0.6) is 11.5 Å². The lowest BCUT2D eigenvalue weighted by Crippen LogP contribution is -2.02. The van der Waals surface area contributed by atoms with E-state index in [4.69, 9.17) is 14.7 Å². The van der Waals surface area contributed by atoms with Gasteiger partial charge in [-0.25, -0.2) is 0 Å². The summed E-state index contributed by atoms with van der Waals surface area (Å²) in [5.74, 6) is 1.08. The third-order valence-electron chi connectivity index (χ3n) is 2.27. The van der Waals surface area contributed by atoms with Crippen LogP contribution in [-0.4, -0.2) is 31.3 Å². The molecule has 0 heterocycles. The lowest BCUT2D eigenvalue weighted by Gasteiger charge is -2.11. The number of oxime groups is 1. The number of ether oxygens (including phenoxy) is 2. The van der Waals surface area contributed by atoms with Crippen molar-refractivity contribution in [2.45, 2.75) is 13.3 Å². The minimum atomic E-state index is -0.406. The molecule has 1 aromatic carbocycles. The van der Waals surface area contributed by atoms with Gasteiger partial charge >= 0.3 is 0 Å². The molecule has 1 N–H and O–H groups in total. The molecule has 0 radical (unpaired) electrons. The average molecular weight is 241 g/mol. The van der Waals surface area contributed by atoms with E-state index < -0.39 is 6.67 Å². The Labute approximate surface area is 99.7 Å². The summed E-state index contributed by atoms with van der Waals surface area (Å²) in [5, 5.41) is 11.8. The average Bonchev–Trinajstić information content (AvgIpc) is 2.38. The van der Waals surface area contributed by atoms with Crippen LogP contribution in [0.2, 0.25) is 0 Å². The Balaban J connectivity index is 2.85. The van der Waals surface area contributed by atoms with Crippen molar-refractivity contribution in [1.82, 2.24) is 0 Å². The molecule has 1 rings (SSSR count). The molecule has 0 spiro atoms. The van der Waals surface area contributed by atoms with E-state index >= 15 is 0 Å². The molecule has 0 unspecified atom stereocenters. The Morgan fingerprint density at radius 3 is 2.76 bits per heavy atom. The van der Waals surface area contributed by atoms with Crippen molar-refractivity contribution in [3.63, 3.8) is 0 Å². The van der Waals surface area contributed by atoms with Gasteiger partial charge in [0.1, 0.15) is 0 Å². The summed E-state index contributed by atoms with van der Waals surface area (Å²) in [7, 11) is 1.52. The molecular weight excluding hydrogens is 225 g/mol. The molecule has 0 aliphatic heterocycles. The molecule has 0 amide bonds. The summed E-state index contributed by atoms with van der Waals surface area (Å²) in [4.78, 5) is 0. The predicted molar refractivity (Wildman–Crippen MR) is 63.1 cm³/mol. The molecule has 0 saturated heterocycles. The van der Waals surface area contributed by atoms with Crippen molar-refractivity contribution in [1.29, 1.82) is 0 Å². The number of halogens is 1. The fraction of sp³-hybridized carbons (Fsp3) is 0.417. The van der Waals surface area contributed by atoms with E-state index in [9.17, 15) is 4.39 Å². The second-order valence-corrected chi connectivity index (χ2v) is 3.44. The van der Waals surface area contributed by atoms with E-state index in [1.807, 2.05) is 0 Å². The minimum Gasteiger partial charge on any atom is -0.493 e. The smallest absolute Gasteiger partial charge is 0.161 e. The summed E-state index contributed by atoms with van der Waals surface area (Å²) < 4.78 is 22.5. The number of methoxy groups -OCH3 is 1. The van der Waals surface area contributed by atoms with Crippen LogP contribution in [0.25, 0.3) is 0 Å². The molecule has 0 fully saturated rings. The summed E-state index contributed by atoms with van der Waals surface area (Å²) in [6.45, 7) is 1.58. The molecule has 0 saturated carbocycles. The number of alkyl halides is 1. The Kier molecular flexibility index (Phi) is 5.26. The quantitative estimate of drug-likeness (QED) is 0.360. The Hall–Kier alpha value is -1.78. The maximum atomic E-state index is 11.9. The summed E-state index contributed by atoms with van der Waals surface area (Å²) >= 11 is 0. The van der Waals surface area contributed by atoms with Crippen LogP contribution < -0.4 is 9.47 Å². The van der Waals surface area contributed by atoms with Gasteiger partial charge in [-0.15, -0.1) is 0 Å². The van der Waals surface area contributed by atoms with Gasteiger partial charge in [0.25, 0.3) is 0 Å². The summed E-state index contributed by atoms with van der Waals surface area (Å²) in [6, 6.07) is 5.17. The van der Waals surface area contributed by atoms with Gasteiger partial charge < -0.3 is 14.7 Å². The topological polar surface area (TPSA) is 51.0 Å². The zero-order valence-electron chi connectivity index (χ0n) is 9.94. The Morgan fingerprint density at radius 2 is 2.18 bits per heavy atom. The second kappa shape index (κ2) is 6.73. The first-order chi connectivity index (χ1) is 8.22. The summed E-state index contributed by atoms with van der Waals surface area (Å²) in [5.41, 5.74) is 1.22. The van der Waals surface area contributed by atoms with E-state index in [-0.39, 0.29) is 0 Å². The highest BCUT2D eigenvalue weighted by Crippen LogP contribution is 2.28. The van der Waals surface area contributed by atoms with Gasteiger partial charge in [-0.3, -0.25) is 4.39 Å². The van der Waals surface area contributed by atoms with Gasteiger partial charge in [0.2, 0.25) is 0 Å². The fourth-order valence-corrected chi connectivity index (χ4v) is 1.31. The van der Waals surface area contributed by atoms with Crippen molar-refractivity contribution in [2.75, 3.05) is 20.4 Å². The number of nitrogens with zero attached hydrogens (tertiary/aromatic N) is 1. The van der Waals surface area contributed by atoms with Crippen molar-refractivity contribution in [2.24, 2.45) is 5.16 Å². The third-order valence-corrected chi connectivity index (χ3v) is 2.27. The van der Waals surface area contributed by atoms with Gasteiger partial charge in [-0.2, -0.15) is 0 Å². The molecule has 0 atom stereocenters. The maximum Gasteiger partial charge on any atom is 0.161 e. The lowest BCUT2D eigenvalue weighted by atomic mass is 10.1. The SMILES string of the molecule is COc1cc(/C(C)=N/O)ccc1OCCCF. The molecule has 0 aromatic heterocycles. The predicted octanol–water partition coefficient (Wildman–Crippen LogP) is 2.63. The Bertz CT molecular complexity index is 393. The van der Waals surface area contributed by atoms with Gasteiger partial charge in [0.15, 0.2) is 11.5 Å². The first-order valence-corrected chi connectivity index (χ1v) is 5.28. The molecule has 5 heteroatoms. The van der Waals surface area contributed by atoms with Crippen LogP contribution >= 0.6 is 0 Å². The van der Waals surface area contributed by atoms with Crippen molar-refractivity contribution >= 4 is 5.71 Å². The zero-order chi connectivity index (χ0) is 12.7. The van der Waals surface area contributed by atoms with Crippen LogP contribution in [0.3, 0.4) is 0 Å².